The summed E-state index contributed by atoms with van der Waals surface area (Å²) >= 11 is 11.5. The van der Waals surface area contributed by atoms with E-state index in [1.54, 1.807) is 12.3 Å². The van der Waals surface area contributed by atoms with E-state index in [1.807, 2.05) is 36.4 Å². The van der Waals surface area contributed by atoms with Gasteiger partial charge in [-0.2, -0.15) is 5.10 Å². The van der Waals surface area contributed by atoms with Crippen LogP contribution >= 0.6 is 23.8 Å². The first-order chi connectivity index (χ1) is 12.2. The van der Waals surface area contributed by atoms with E-state index in [0.29, 0.717) is 41.4 Å². The van der Waals surface area contributed by atoms with Crippen molar-refractivity contribution in [1.29, 1.82) is 0 Å². The molecule has 0 unspecified atom stereocenters. The van der Waals surface area contributed by atoms with Gasteiger partial charge in [-0.15, -0.1) is 0 Å². The highest BCUT2D eigenvalue weighted by molar-refractivity contribution is 7.80. The fourth-order valence-electron chi connectivity index (χ4n) is 2.31. The summed E-state index contributed by atoms with van der Waals surface area (Å²) in [7, 11) is 0. The van der Waals surface area contributed by atoms with Crippen LogP contribution in [0.1, 0.15) is 17.5 Å². The molecule has 3 rings (SSSR count). The van der Waals surface area contributed by atoms with Crippen molar-refractivity contribution in [3.8, 4) is 11.5 Å². The van der Waals surface area contributed by atoms with Crippen molar-refractivity contribution in [2.24, 2.45) is 5.10 Å². The summed E-state index contributed by atoms with van der Waals surface area (Å²) in [6.07, 6.45) is 2.47. The summed E-state index contributed by atoms with van der Waals surface area (Å²) in [5, 5.41) is 8.17. The van der Waals surface area contributed by atoms with Crippen LogP contribution in [0.2, 0.25) is 5.02 Å². The topological polar surface area (TPSA) is 54.9 Å². The van der Waals surface area contributed by atoms with E-state index >= 15 is 0 Å². The van der Waals surface area contributed by atoms with E-state index in [2.05, 4.69) is 15.8 Å². The zero-order chi connectivity index (χ0) is 17.5. The number of rotatable bonds is 4. The molecule has 7 heteroatoms. The molecule has 2 aromatic rings. The normalized spacial score (nSPS) is 13.3. The Kier molecular flexibility index (Phi) is 6.09. The van der Waals surface area contributed by atoms with Crippen LogP contribution in [0.25, 0.3) is 0 Å². The molecule has 0 atom stereocenters. The molecule has 0 radical (unpaired) electrons. The van der Waals surface area contributed by atoms with Crippen molar-refractivity contribution in [1.82, 2.24) is 10.7 Å². The van der Waals surface area contributed by atoms with E-state index in [1.165, 1.54) is 0 Å². The Morgan fingerprint density at radius 3 is 2.84 bits per heavy atom. The van der Waals surface area contributed by atoms with Gasteiger partial charge in [0, 0.05) is 13.0 Å². The van der Waals surface area contributed by atoms with Crippen LogP contribution in [-0.4, -0.2) is 24.5 Å². The molecule has 0 aliphatic carbocycles. The molecule has 0 spiro atoms. The van der Waals surface area contributed by atoms with Crippen LogP contribution in [-0.2, 0) is 6.54 Å². The molecule has 0 saturated carbocycles. The highest BCUT2D eigenvalue weighted by Crippen LogP contribution is 2.37. The summed E-state index contributed by atoms with van der Waals surface area (Å²) in [6.45, 7) is 1.84. The highest BCUT2D eigenvalue weighted by atomic mass is 35.5. The Morgan fingerprint density at radius 1 is 1.20 bits per heavy atom. The summed E-state index contributed by atoms with van der Waals surface area (Å²) in [5.74, 6) is 1.22. The van der Waals surface area contributed by atoms with Crippen molar-refractivity contribution >= 4 is 35.1 Å². The molecule has 1 heterocycles. The Labute approximate surface area is 157 Å². The molecule has 0 bridgehead atoms. The molecule has 2 N–H and O–H groups in total. The largest absolute Gasteiger partial charge is 0.489 e. The van der Waals surface area contributed by atoms with Gasteiger partial charge in [-0.05, 0) is 35.5 Å². The number of nitrogens with zero attached hydrogens (tertiary/aromatic N) is 1. The first-order valence-corrected chi connectivity index (χ1v) is 8.71. The molecule has 5 nitrogen and oxygen atoms in total. The maximum atomic E-state index is 6.25. The molecule has 1 aliphatic rings. The monoisotopic (exact) mass is 375 g/mol. The number of nitrogens with one attached hydrogen (secondary N) is 2. The van der Waals surface area contributed by atoms with Crippen molar-refractivity contribution in [3.63, 3.8) is 0 Å². The average Bonchev–Trinajstić information content (AvgIpc) is 2.87. The third kappa shape index (κ3) is 5.08. The van der Waals surface area contributed by atoms with E-state index in [4.69, 9.17) is 33.3 Å². The molecule has 130 valence electrons. The minimum absolute atomic E-state index is 0.445. The second-order valence-electron chi connectivity index (χ2n) is 5.42. The number of hydrazone groups is 1. The first-order valence-electron chi connectivity index (χ1n) is 7.92. The molecule has 25 heavy (non-hydrogen) atoms. The minimum atomic E-state index is 0.445. The van der Waals surface area contributed by atoms with E-state index < -0.39 is 0 Å². The number of hydrogen-bond donors (Lipinski definition) is 2. The predicted molar refractivity (Wildman–Crippen MR) is 104 cm³/mol. The van der Waals surface area contributed by atoms with Gasteiger partial charge in [0.2, 0.25) is 0 Å². The van der Waals surface area contributed by atoms with Crippen molar-refractivity contribution in [2.45, 2.75) is 13.0 Å². The second-order valence-corrected chi connectivity index (χ2v) is 6.23. The van der Waals surface area contributed by atoms with Crippen LogP contribution < -0.4 is 20.2 Å². The molecule has 0 fully saturated rings. The van der Waals surface area contributed by atoms with Gasteiger partial charge < -0.3 is 14.8 Å². The Hall–Kier alpha value is -2.31. The lowest BCUT2D eigenvalue weighted by molar-refractivity contribution is 0.297. The van der Waals surface area contributed by atoms with Gasteiger partial charge >= 0.3 is 0 Å². The van der Waals surface area contributed by atoms with Crippen molar-refractivity contribution in [2.75, 3.05) is 13.2 Å². The zero-order valence-corrected chi connectivity index (χ0v) is 15.1. The minimum Gasteiger partial charge on any atom is -0.489 e. The van der Waals surface area contributed by atoms with Crippen LogP contribution in [0.3, 0.4) is 0 Å². The second kappa shape index (κ2) is 8.69. The molecule has 0 aromatic heterocycles. The Morgan fingerprint density at radius 2 is 2.00 bits per heavy atom. The number of thiocarbonyl (C=S) groups is 1. The predicted octanol–water partition coefficient (Wildman–Crippen LogP) is 3.50. The first kappa shape index (κ1) is 17.5. The van der Waals surface area contributed by atoms with Crippen molar-refractivity contribution < 1.29 is 9.47 Å². The summed E-state index contributed by atoms with van der Waals surface area (Å²) < 4.78 is 11.3. The Bertz CT molecular complexity index is 768. The smallest absolute Gasteiger partial charge is 0.187 e. The number of halogens is 1. The summed E-state index contributed by atoms with van der Waals surface area (Å²) in [4.78, 5) is 0. The lowest BCUT2D eigenvalue weighted by Crippen LogP contribution is -2.31. The Balaban J connectivity index is 1.56. The van der Waals surface area contributed by atoms with Crippen molar-refractivity contribution in [3.05, 3.63) is 58.6 Å². The maximum Gasteiger partial charge on any atom is 0.187 e. The quantitative estimate of drug-likeness (QED) is 0.486. The fraction of sp³-hybridized carbons (Fsp3) is 0.222. The van der Waals surface area contributed by atoms with Gasteiger partial charge in [-0.3, -0.25) is 5.43 Å². The maximum absolute atomic E-state index is 6.25. The average molecular weight is 376 g/mol. The van der Waals surface area contributed by atoms with E-state index in [0.717, 1.165) is 17.5 Å². The van der Waals surface area contributed by atoms with Gasteiger partial charge in [-0.25, -0.2) is 0 Å². The van der Waals surface area contributed by atoms with Gasteiger partial charge in [0.1, 0.15) is 0 Å². The number of ether oxygens (including phenoxy) is 2. The number of hydrogen-bond acceptors (Lipinski definition) is 4. The third-order valence-electron chi connectivity index (χ3n) is 3.50. The lowest BCUT2D eigenvalue weighted by atomic mass is 10.2. The van der Waals surface area contributed by atoms with E-state index in [-0.39, 0.29) is 0 Å². The molecule has 0 saturated heterocycles. The molecular weight excluding hydrogens is 358 g/mol. The molecule has 0 amide bonds. The molecular formula is C18H18ClN3O2S. The SMILES string of the molecule is S=C(NCc1ccccc1)N/N=C\c1cc(Cl)c2c(c1)OCCCO2. The van der Waals surface area contributed by atoms with Crippen LogP contribution in [0.5, 0.6) is 11.5 Å². The van der Waals surface area contributed by atoms with Gasteiger partial charge in [0.05, 0.1) is 24.5 Å². The van der Waals surface area contributed by atoms with E-state index in [9.17, 15) is 0 Å². The summed E-state index contributed by atoms with van der Waals surface area (Å²) in [5.41, 5.74) is 4.73. The zero-order valence-electron chi connectivity index (χ0n) is 13.5. The lowest BCUT2D eigenvalue weighted by Gasteiger charge is -2.10. The highest BCUT2D eigenvalue weighted by Gasteiger charge is 2.14. The van der Waals surface area contributed by atoms with Gasteiger partial charge in [0.25, 0.3) is 0 Å². The summed E-state index contributed by atoms with van der Waals surface area (Å²) in [6, 6.07) is 13.6. The van der Waals surface area contributed by atoms with Gasteiger partial charge in [-0.1, -0.05) is 41.9 Å². The fourth-order valence-corrected chi connectivity index (χ4v) is 2.71. The van der Waals surface area contributed by atoms with Crippen LogP contribution in [0.15, 0.2) is 47.6 Å². The molecule has 1 aliphatic heterocycles. The number of benzene rings is 2. The van der Waals surface area contributed by atoms with Gasteiger partial charge in [0.15, 0.2) is 16.6 Å². The third-order valence-corrected chi connectivity index (χ3v) is 4.02. The van der Waals surface area contributed by atoms with Crippen LogP contribution in [0, 0.1) is 0 Å². The van der Waals surface area contributed by atoms with Crippen LogP contribution in [0.4, 0.5) is 0 Å². The standard InChI is InChI=1S/C18H18ClN3O2S/c19-15-9-14(10-16-17(15)24-8-4-7-23-16)12-21-22-18(25)20-11-13-5-2-1-3-6-13/h1-3,5-6,9-10,12H,4,7-8,11H2,(H2,20,22,25)/b21-12-. The number of fused-ring (bicyclic) bond motifs is 1. The molecule has 2 aromatic carbocycles.